The molecule has 0 saturated carbocycles. The summed E-state index contributed by atoms with van der Waals surface area (Å²) in [5.41, 5.74) is 4.08. The molecule has 3 rings (SSSR count). The third kappa shape index (κ3) is 3.21. The second-order valence-electron chi connectivity index (χ2n) is 5.48. The number of nitrogens with one attached hydrogen (secondary N) is 1. The van der Waals surface area contributed by atoms with E-state index < -0.39 is 0 Å². The molecule has 0 unspecified atom stereocenters. The van der Waals surface area contributed by atoms with E-state index in [1.54, 1.807) is 11.8 Å². The third-order valence-electron chi connectivity index (χ3n) is 3.88. The summed E-state index contributed by atoms with van der Waals surface area (Å²) >= 11 is 1.65. The van der Waals surface area contributed by atoms with Crippen LogP contribution in [0.1, 0.15) is 21.7 Å². The maximum Gasteiger partial charge on any atom is 0.255 e. The lowest BCUT2D eigenvalue weighted by atomic mass is 10.2. The van der Waals surface area contributed by atoms with Crippen molar-refractivity contribution >= 4 is 23.4 Å². The predicted octanol–water partition coefficient (Wildman–Crippen LogP) is 4.46. The van der Waals surface area contributed by atoms with Gasteiger partial charge in [0.2, 0.25) is 0 Å². The van der Waals surface area contributed by atoms with Gasteiger partial charge in [-0.3, -0.25) is 4.79 Å². The molecule has 3 aromatic rings. The average molecular weight is 337 g/mol. The second kappa shape index (κ2) is 6.93. The van der Waals surface area contributed by atoms with Crippen LogP contribution in [0.4, 0.5) is 5.69 Å². The fourth-order valence-electron chi connectivity index (χ4n) is 2.57. The highest BCUT2D eigenvalue weighted by Gasteiger charge is 2.16. The zero-order chi connectivity index (χ0) is 17.1. The Labute approximate surface area is 145 Å². The van der Waals surface area contributed by atoms with E-state index in [4.69, 9.17) is 0 Å². The van der Waals surface area contributed by atoms with Crippen molar-refractivity contribution in [1.29, 1.82) is 0 Å². The molecule has 2 aromatic carbocycles. The molecule has 1 aromatic heterocycles. The largest absolute Gasteiger partial charge is 0.319 e. The van der Waals surface area contributed by atoms with E-state index in [0.29, 0.717) is 5.56 Å². The number of aryl methyl sites for hydroxylation is 1. The van der Waals surface area contributed by atoms with E-state index in [1.807, 2.05) is 79.4 Å². The van der Waals surface area contributed by atoms with E-state index >= 15 is 0 Å². The SMILES string of the molecule is CSc1ccc(C(=O)Nc2c(C)nn(-c3ccccc3)c2C)cc1. The summed E-state index contributed by atoms with van der Waals surface area (Å²) in [5.74, 6) is -0.124. The van der Waals surface area contributed by atoms with Crippen LogP contribution in [0.15, 0.2) is 59.5 Å². The van der Waals surface area contributed by atoms with Crippen LogP contribution in [0.3, 0.4) is 0 Å². The predicted molar refractivity (Wildman–Crippen MR) is 99.2 cm³/mol. The van der Waals surface area contributed by atoms with Gasteiger partial charge in [0.25, 0.3) is 5.91 Å². The number of hydrogen-bond acceptors (Lipinski definition) is 3. The van der Waals surface area contributed by atoms with E-state index in [0.717, 1.165) is 27.7 Å². The van der Waals surface area contributed by atoms with Crippen LogP contribution in [0, 0.1) is 13.8 Å². The van der Waals surface area contributed by atoms with E-state index in [1.165, 1.54) is 0 Å². The van der Waals surface area contributed by atoms with Gasteiger partial charge >= 0.3 is 0 Å². The van der Waals surface area contributed by atoms with Gasteiger partial charge in [-0.1, -0.05) is 18.2 Å². The molecule has 1 amide bonds. The number of hydrogen-bond donors (Lipinski definition) is 1. The van der Waals surface area contributed by atoms with Crippen LogP contribution < -0.4 is 5.32 Å². The van der Waals surface area contributed by atoms with Gasteiger partial charge in [-0.15, -0.1) is 11.8 Å². The molecule has 0 aliphatic carbocycles. The number of carbonyl (C=O) groups is 1. The molecular formula is C19H19N3OS. The van der Waals surface area contributed by atoms with Gasteiger partial charge in [0.15, 0.2) is 0 Å². The van der Waals surface area contributed by atoms with Gasteiger partial charge in [-0.2, -0.15) is 5.10 Å². The fourth-order valence-corrected chi connectivity index (χ4v) is 2.98. The summed E-state index contributed by atoms with van der Waals surface area (Å²) < 4.78 is 1.85. The van der Waals surface area contributed by atoms with Crippen LogP contribution in [0.2, 0.25) is 0 Å². The van der Waals surface area contributed by atoms with Crippen LogP contribution in [-0.4, -0.2) is 21.9 Å². The second-order valence-corrected chi connectivity index (χ2v) is 6.36. The summed E-state index contributed by atoms with van der Waals surface area (Å²) in [6, 6.07) is 17.5. The number of para-hydroxylation sites is 1. The van der Waals surface area contributed by atoms with Crippen LogP contribution in [0.25, 0.3) is 5.69 Å². The maximum absolute atomic E-state index is 12.5. The van der Waals surface area contributed by atoms with Gasteiger partial charge in [0.1, 0.15) is 0 Å². The molecule has 0 aliphatic heterocycles. The first kappa shape index (κ1) is 16.3. The monoisotopic (exact) mass is 337 g/mol. The molecule has 122 valence electrons. The molecule has 0 saturated heterocycles. The molecular weight excluding hydrogens is 318 g/mol. The van der Waals surface area contributed by atoms with Gasteiger partial charge < -0.3 is 5.32 Å². The van der Waals surface area contributed by atoms with Crippen molar-refractivity contribution in [1.82, 2.24) is 9.78 Å². The molecule has 4 nitrogen and oxygen atoms in total. The normalized spacial score (nSPS) is 10.6. The lowest BCUT2D eigenvalue weighted by molar-refractivity contribution is 0.102. The molecule has 0 fully saturated rings. The number of aromatic nitrogens is 2. The highest BCUT2D eigenvalue weighted by Crippen LogP contribution is 2.23. The van der Waals surface area contributed by atoms with Crippen LogP contribution >= 0.6 is 11.8 Å². The number of rotatable bonds is 4. The Kier molecular flexibility index (Phi) is 4.71. The molecule has 24 heavy (non-hydrogen) atoms. The number of carbonyl (C=O) groups excluding carboxylic acids is 1. The lowest BCUT2D eigenvalue weighted by Gasteiger charge is -2.07. The molecule has 5 heteroatoms. The van der Waals surface area contributed by atoms with Crippen molar-refractivity contribution in [2.75, 3.05) is 11.6 Å². The Morgan fingerprint density at radius 3 is 2.33 bits per heavy atom. The lowest BCUT2D eigenvalue weighted by Crippen LogP contribution is -2.13. The first-order chi connectivity index (χ1) is 11.6. The maximum atomic E-state index is 12.5. The highest BCUT2D eigenvalue weighted by molar-refractivity contribution is 7.98. The number of thioether (sulfide) groups is 1. The van der Waals surface area contributed by atoms with Gasteiger partial charge in [0, 0.05) is 10.5 Å². The number of anilines is 1. The summed E-state index contributed by atoms with van der Waals surface area (Å²) in [6.45, 7) is 3.86. The minimum atomic E-state index is -0.124. The van der Waals surface area contributed by atoms with Crippen molar-refractivity contribution in [3.05, 3.63) is 71.5 Å². The zero-order valence-corrected chi connectivity index (χ0v) is 14.7. The Morgan fingerprint density at radius 2 is 1.71 bits per heavy atom. The molecule has 0 bridgehead atoms. The summed E-state index contributed by atoms with van der Waals surface area (Å²) in [7, 11) is 0. The van der Waals surface area contributed by atoms with Gasteiger partial charge in [0.05, 0.1) is 22.8 Å². The summed E-state index contributed by atoms with van der Waals surface area (Å²) in [6.07, 6.45) is 2.01. The summed E-state index contributed by atoms with van der Waals surface area (Å²) in [5, 5.41) is 7.55. The van der Waals surface area contributed by atoms with E-state index in [9.17, 15) is 4.79 Å². The quantitative estimate of drug-likeness (QED) is 0.715. The Balaban J connectivity index is 1.87. The first-order valence-electron chi connectivity index (χ1n) is 7.67. The molecule has 1 N–H and O–H groups in total. The van der Waals surface area contributed by atoms with Crippen LogP contribution in [-0.2, 0) is 0 Å². The Hall–Kier alpha value is -2.53. The highest BCUT2D eigenvalue weighted by atomic mass is 32.2. The third-order valence-corrected chi connectivity index (χ3v) is 4.63. The molecule has 0 aliphatic rings. The molecule has 0 spiro atoms. The average Bonchev–Trinajstić information content (AvgIpc) is 2.90. The Bertz CT molecular complexity index is 854. The molecule has 1 heterocycles. The van der Waals surface area contributed by atoms with Crippen molar-refractivity contribution in [2.45, 2.75) is 18.7 Å². The topological polar surface area (TPSA) is 46.9 Å². The minimum Gasteiger partial charge on any atom is -0.319 e. The number of nitrogens with zero attached hydrogens (tertiary/aromatic N) is 2. The van der Waals surface area contributed by atoms with E-state index in [2.05, 4.69) is 10.4 Å². The molecule has 0 atom stereocenters. The number of amides is 1. The standard InChI is InChI=1S/C19H19N3OS/c1-13-18(14(2)22(21-13)16-7-5-4-6-8-16)20-19(23)15-9-11-17(24-3)12-10-15/h4-12H,1-3H3,(H,20,23). The zero-order valence-electron chi connectivity index (χ0n) is 13.9. The van der Waals surface area contributed by atoms with Gasteiger partial charge in [-0.25, -0.2) is 4.68 Å². The van der Waals surface area contributed by atoms with Gasteiger partial charge in [-0.05, 0) is 56.5 Å². The smallest absolute Gasteiger partial charge is 0.255 e. The van der Waals surface area contributed by atoms with Crippen molar-refractivity contribution in [3.8, 4) is 5.69 Å². The van der Waals surface area contributed by atoms with Crippen molar-refractivity contribution < 1.29 is 4.79 Å². The summed E-state index contributed by atoms with van der Waals surface area (Å²) in [4.78, 5) is 13.6. The Morgan fingerprint density at radius 1 is 1.04 bits per heavy atom. The molecule has 0 radical (unpaired) electrons. The number of benzene rings is 2. The van der Waals surface area contributed by atoms with E-state index in [-0.39, 0.29) is 5.91 Å². The minimum absolute atomic E-state index is 0.124. The van der Waals surface area contributed by atoms with Crippen molar-refractivity contribution in [3.63, 3.8) is 0 Å². The van der Waals surface area contributed by atoms with Crippen molar-refractivity contribution in [2.24, 2.45) is 0 Å². The fraction of sp³-hybridized carbons (Fsp3) is 0.158. The van der Waals surface area contributed by atoms with Crippen LogP contribution in [0.5, 0.6) is 0 Å². The first-order valence-corrected chi connectivity index (χ1v) is 8.89.